The summed E-state index contributed by atoms with van der Waals surface area (Å²) < 4.78 is 5.01. The number of nitrogens with two attached hydrogens (primary N) is 2. The minimum Gasteiger partial charge on any atom is -0.370 e. The number of carbonyl (C=O) groups excluding carboxylic acids is 2. The molecule has 3 amide bonds. The second-order valence-electron chi connectivity index (χ2n) is 3.41. The van der Waals surface area contributed by atoms with Crippen LogP contribution in [0.5, 0.6) is 0 Å². The van der Waals surface area contributed by atoms with Crippen LogP contribution in [0.1, 0.15) is 20.3 Å². The zero-order chi connectivity index (χ0) is 11.2. The van der Waals surface area contributed by atoms with Crippen molar-refractivity contribution in [1.29, 1.82) is 0 Å². The third kappa shape index (κ3) is 6.38. The molecule has 14 heavy (non-hydrogen) atoms. The van der Waals surface area contributed by atoms with Gasteiger partial charge in [0.25, 0.3) is 5.91 Å². The SMILES string of the molecule is CCC(C)(N)COCC(=O)NC(N)=O. The van der Waals surface area contributed by atoms with Crippen molar-refractivity contribution in [1.82, 2.24) is 5.32 Å². The van der Waals surface area contributed by atoms with Crippen molar-refractivity contribution < 1.29 is 14.3 Å². The summed E-state index contributed by atoms with van der Waals surface area (Å²) in [6.45, 7) is 3.79. The molecule has 0 radical (unpaired) electrons. The first kappa shape index (κ1) is 12.9. The molecule has 0 aromatic carbocycles. The fraction of sp³-hybridized carbons (Fsp3) is 0.750. The Kier molecular flexibility index (Phi) is 5.11. The fourth-order valence-corrected chi connectivity index (χ4v) is 0.652. The van der Waals surface area contributed by atoms with Gasteiger partial charge in [0, 0.05) is 5.54 Å². The smallest absolute Gasteiger partial charge is 0.318 e. The minimum atomic E-state index is -0.885. The molecule has 0 aliphatic carbocycles. The van der Waals surface area contributed by atoms with Crippen LogP contribution in [0.3, 0.4) is 0 Å². The van der Waals surface area contributed by atoms with E-state index in [0.717, 1.165) is 6.42 Å². The maximum atomic E-state index is 10.8. The van der Waals surface area contributed by atoms with Gasteiger partial charge in [0.05, 0.1) is 6.61 Å². The molecule has 82 valence electrons. The van der Waals surface area contributed by atoms with E-state index in [9.17, 15) is 9.59 Å². The average molecular weight is 203 g/mol. The lowest BCUT2D eigenvalue weighted by atomic mass is 10.0. The Bertz CT molecular complexity index is 216. The number of hydrogen-bond acceptors (Lipinski definition) is 4. The second-order valence-corrected chi connectivity index (χ2v) is 3.41. The molecule has 0 bridgehead atoms. The zero-order valence-corrected chi connectivity index (χ0v) is 8.50. The zero-order valence-electron chi connectivity index (χ0n) is 8.50. The molecule has 0 aromatic heterocycles. The van der Waals surface area contributed by atoms with Gasteiger partial charge >= 0.3 is 6.03 Å². The van der Waals surface area contributed by atoms with E-state index >= 15 is 0 Å². The van der Waals surface area contributed by atoms with Crippen LogP contribution in [-0.4, -0.2) is 30.7 Å². The van der Waals surface area contributed by atoms with Crippen LogP contribution in [-0.2, 0) is 9.53 Å². The standard InChI is InChI=1S/C8H17N3O3/c1-3-8(2,10)5-14-4-6(12)11-7(9)13/h3-5,10H2,1-2H3,(H3,9,11,12,13). The number of ether oxygens (including phenoxy) is 1. The predicted molar refractivity (Wildman–Crippen MR) is 51.4 cm³/mol. The third-order valence-corrected chi connectivity index (χ3v) is 1.74. The van der Waals surface area contributed by atoms with Gasteiger partial charge in [-0.05, 0) is 13.3 Å². The third-order valence-electron chi connectivity index (χ3n) is 1.74. The van der Waals surface area contributed by atoms with E-state index in [4.69, 9.17) is 16.2 Å². The highest BCUT2D eigenvalue weighted by molar-refractivity contribution is 5.94. The molecule has 0 spiro atoms. The highest BCUT2D eigenvalue weighted by Crippen LogP contribution is 2.04. The van der Waals surface area contributed by atoms with E-state index < -0.39 is 17.5 Å². The Balaban J connectivity index is 3.64. The number of amides is 3. The quantitative estimate of drug-likeness (QED) is 0.550. The lowest BCUT2D eigenvalue weighted by Crippen LogP contribution is -2.42. The van der Waals surface area contributed by atoms with Crippen LogP contribution in [0.4, 0.5) is 4.79 Å². The molecule has 1 atom stereocenters. The van der Waals surface area contributed by atoms with Crippen molar-refractivity contribution in [3.63, 3.8) is 0 Å². The van der Waals surface area contributed by atoms with Crippen LogP contribution in [0.25, 0.3) is 0 Å². The Hall–Kier alpha value is -1.14. The topological polar surface area (TPSA) is 107 Å². The van der Waals surface area contributed by atoms with Gasteiger partial charge in [-0.2, -0.15) is 0 Å². The maximum Gasteiger partial charge on any atom is 0.318 e. The molecule has 0 aliphatic rings. The summed E-state index contributed by atoms with van der Waals surface area (Å²) in [5, 5.41) is 1.88. The molecular weight excluding hydrogens is 186 g/mol. The monoisotopic (exact) mass is 203 g/mol. The lowest BCUT2D eigenvalue weighted by molar-refractivity contribution is -0.125. The van der Waals surface area contributed by atoms with Gasteiger partial charge in [-0.25, -0.2) is 4.79 Å². The maximum absolute atomic E-state index is 10.8. The van der Waals surface area contributed by atoms with Gasteiger partial charge in [-0.1, -0.05) is 6.92 Å². The van der Waals surface area contributed by atoms with Gasteiger partial charge in [-0.3, -0.25) is 10.1 Å². The Morgan fingerprint density at radius 2 is 2.07 bits per heavy atom. The van der Waals surface area contributed by atoms with Gasteiger partial charge in [0.1, 0.15) is 6.61 Å². The Morgan fingerprint density at radius 3 is 2.50 bits per heavy atom. The first-order chi connectivity index (χ1) is 6.37. The van der Waals surface area contributed by atoms with E-state index in [1.54, 1.807) is 0 Å². The van der Waals surface area contributed by atoms with Crippen molar-refractivity contribution in [3.8, 4) is 0 Å². The number of nitrogens with one attached hydrogen (secondary N) is 1. The molecular formula is C8H17N3O3. The van der Waals surface area contributed by atoms with Crippen molar-refractivity contribution in [2.45, 2.75) is 25.8 Å². The summed E-state index contributed by atoms with van der Waals surface area (Å²) in [5.41, 5.74) is 10.0. The Labute approximate surface area is 83.0 Å². The van der Waals surface area contributed by atoms with Crippen molar-refractivity contribution in [2.24, 2.45) is 11.5 Å². The molecule has 0 saturated heterocycles. The Morgan fingerprint density at radius 1 is 1.50 bits per heavy atom. The second kappa shape index (κ2) is 5.56. The highest BCUT2D eigenvalue weighted by Gasteiger charge is 2.16. The van der Waals surface area contributed by atoms with E-state index in [1.807, 2.05) is 19.2 Å². The number of primary amides is 1. The molecule has 5 N–H and O–H groups in total. The van der Waals surface area contributed by atoms with Crippen LogP contribution in [0.15, 0.2) is 0 Å². The van der Waals surface area contributed by atoms with E-state index in [1.165, 1.54) is 0 Å². The summed E-state index contributed by atoms with van der Waals surface area (Å²) in [4.78, 5) is 21.1. The average Bonchev–Trinajstić information content (AvgIpc) is 2.02. The molecule has 1 unspecified atom stereocenters. The molecule has 0 rings (SSSR count). The summed E-state index contributed by atoms with van der Waals surface area (Å²) in [6, 6.07) is -0.885. The van der Waals surface area contributed by atoms with E-state index in [2.05, 4.69) is 0 Å². The molecule has 6 heteroatoms. The lowest BCUT2D eigenvalue weighted by Gasteiger charge is -2.21. The molecule has 0 aromatic rings. The van der Waals surface area contributed by atoms with Crippen molar-refractivity contribution >= 4 is 11.9 Å². The normalized spacial score (nSPS) is 14.5. The molecule has 0 fully saturated rings. The molecule has 0 heterocycles. The van der Waals surface area contributed by atoms with E-state index in [0.29, 0.717) is 0 Å². The minimum absolute atomic E-state index is 0.213. The van der Waals surface area contributed by atoms with Crippen molar-refractivity contribution in [2.75, 3.05) is 13.2 Å². The van der Waals surface area contributed by atoms with Gasteiger partial charge in [0.2, 0.25) is 0 Å². The summed E-state index contributed by atoms with van der Waals surface area (Å²) in [5.74, 6) is -0.565. The van der Waals surface area contributed by atoms with Gasteiger partial charge in [0.15, 0.2) is 0 Å². The largest absolute Gasteiger partial charge is 0.370 e. The molecule has 0 aliphatic heterocycles. The summed E-state index contributed by atoms with van der Waals surface area (Å²) >= 11 is 0. The van der Waals surface area contributed by atoms with Crippen LogP contribution >= 0.6 is 0 Å². The number of carbonyl (C=O) groups is 2. The summed E-state index contributed by atoms with van der Waals surface area (Å²) in [7, 11) is 0. The molecule has 6 nitrogen and oxygen atoms in total. The van der Waals surface area contributed by atoms with Gasteiger partial charge in [-0.15, -0.1) is 0 Å². The predicted octanol–water partition coefficient (Wildman–Crippen LogP) is -0.675. The number of hydrogen-bond donors (Lipinski definition) is 3. The van der Waals surface area contributed by atoms with Gasteiger partial charge < -0.3 is 16.2 Å². The van der Waals surface area contributed by atoms with Crippen LogP contribution in [0.2, 0.25) is 0 Å². The number of rotatable bonds is 5. The number of urea groups is 1. The van der Waals surface area contributed by atoms with E-state index in [-0.39, 0.29) is 13.2 Å². The summed E-state index contributed by atoms with van der Waals surface area (Å²) in [6.07, 6.45) is 0.741. The van der Waals surface area contributed by atoms with Crippen LogP contribution in [0, 0.1) is 0 Å². The molecule has 0 saturated carbocycles. The first-order valence-electron chi connectivity index (χ1n) is 4.33. The fourth-order valence-electron chi connectivity index (χ4n) is 0.652. The first-order valence-corrected chi connectivity index (χ1v) is 4.33. The van der Waals surface area contributed by atoms with Crippen LogP contribution < -0.4 is 16.8 Å². The number of imide groups is 1. The highest BCUT2D eigenvalue weighted by atomic mass is 16.5. The van der Waals surface area contributed by atoms with Crippen molar-refractivity contribution in [3.05, 3.63) is 0 Å².